The lowest BCUT2D eigenvalue weighted by Gasteiger charge is -2.10. The highest BCUT2D eigenvalue weighted by Crippen LogP contribution is 2.30. The normalized spacial score (nSPS) is 10.3. The summed E-state index contributed by atoms with van der Waals surface area (Å²) in [6, 6.07) is 9.41. The Morgan fingerprint density at radius 2 is 2.04 bits per heavy atom. The monoisotopic (exact) mass is 396 g/mol. The van der Waals surface area contributed by atoms with Crippen LogP contribution in [0, 0.1) is 0 Å². The lowest BCUT2D eigenvalue weighted by Crippen LogP contribution is -2.10. The van der Waals surface area contributed by atoms with Crippen LogP contribution in [0.4, 0.5) is 5.82 Å². The quantitative estimate of drug-likeness (QED) is 0.691. The van der Waals surface area contributed by atoms with Crippen LogP contribution in [-0.4, -0.2) is 32.9 Å². The molecule has 7 heteroatoms. The fourth-order valence-electron chi connectivity index (χ4n) is 2.05. The number of aliphatic hydroxyl groups excluding tert-OH is 1. The molecule has 3 rings (SSSR count). The van der Waals surface area contributed by atoms with Gasteiger partial charge in [0.25, 0.3) is 0 Å². The highest BCUT2D eigenvalue weighted by Gasteiger charge is 2.12. The van der Waals surface area contributed by atoms with Crippen molar-refractivity contribution in [3.8, 4) is 11.3 Å². The van der Waals surface area contributed by atoms with Gasteiger partial charge in [-0.1, -0.05) is 43.6 Å². The second-order valence-corrected chi connectivity index (χ2v) is 5.65. The standard InChI is InChI=1S/C14H12BrClN4O.C2H6/c15-10-8-18-20-13(17-5-6-21)7-12(19-14(10)20)9-3-1-2-4-11(9)16;1-2/h1-4,7-8,17,21H,5-6H2;1-2H3. The lowest BCUT2D eigenvalue weighted by atomic mass is 10.1. The molecule has 122 valence electrons. The van der Waals surface area contributed by atoms with Crippen LogP contribution in [-0.2, 0) is 0 Å². The number of benzene rings is 1. The van der Waals surface area contributed by atoms with Gasteiger partial charge in [-0.15, -0.1) is 0 Å². The third-order valence-corrected chi connectivity index (χ3v) is 3.89. The molecule has 0 aliphatic heterocycles. The highest BCUT2D eigenvalue weighted by molar-refractivity contribution is 9.10. The smallest absolute Gasteiger partial charge is 0.172 e. The molecule has 23 heavy (non-hydrogen) atoms. The van der Waals surface area contributed by atoms with E-state index in [2.05, 4.69) is 31.3 Å². The minimum atomic E-state index is 0.0354. The van der Waals surface area contributed by atoms with Gasteiger partial charge in [-0.05, 0) is 22.0 Å². The molecule has 5 nitrogen and oxygen atoms in total. The molecule has 0 bridgehead atoms. The molecule has 2 aromatic heterocycles. The van der Waals surface area contributed by atoms with Gasteiger partial charge in [-0.2, -0.15) is 9.61 Å². The van der Waals surface area contributed by atoms with Gasteiger partial charge in [0.2, 0.25) is 0 Å². The fourth-order valence-corrected chi connectivity index (χ4v) is 2.63. The average molecular weight is 398 g/mol. The summed E-state index contributed by atoms with van der Waals surface area (Å²) >= 11 is 9.68. The molecule has 0 amide bonds. The molecule has 0 saturated heterocycles. The summed E-state index contributed by atoms with van der Waals surface area (Å²) < 4.78 is 2.48. The van der Waals surface area contributed by atoms with E-state index in [0.29, 0.717) is 17.2 Å². The van der Waals surface area contributed by atoms with E-state index in [4.69, 9.17) is 16.7 Å². The molecule has 3 aromatic rings. The summed E-state index contributed by atoms with van der Waals surface area (Å²) in [5.41, 5.74) is 2.28. The number of fused-ring (bicyclic) bond motifs is 1. The number of nitrogens with zero attached hydrogens (tertiary/aromatic N) is 3. The predicted octanol–water partition coefficient (Wildman–Crippen LogP) is 4.24. The summed E-state index contributed by atoms with van der Waals surface area (Å²) in [5.74, 6) is 0.745. The molecule has 0 fully saturated rings. The van der Waals surface area contributed by atoms with Gasteiger partial charge in [-0.25, -0.2) is 4.98 Å². The molecule has 2 heterocycles. The maximum atomic E-state index is 9.00. The maximum Gasteiger partial charge on any atom is 0.172 e. The molecular formula is C16H18BrClN4O. The summed E-state index contributed by atoms with van der Waals surface area (Å²) in [4.78, 5) is 4.60. The van der Waals surface area contributed by atoms with Crippen LogP contribution >= 0.6 is 27.5 Å². The van der Waals surface area contributed by atoms with Gasteiger partial charge < -0.3 is 10.4 Å². The van der Waals surface area contributed by atoms with Gasteiger partial charge in [0.1, 0.15) is 5.82 Å². The van der Waals surface area contributed by atoms with Crippen molar-refractivity contribution in [1.82, 2.24) is 14.6 Å². The molecule has 0 unspecified atom stereocenters. The summed E-state index contributed by atoms with van der Waals surface area (Å²) in [6.45, 7) is 4.46. The topological polar surface area (TPSA) is 62.5 Å². The Kier molecular flexibility index (Phi) is 6.38. The Bertz CT molecular complexity index is 791. The van der Waals surface area contributed by atoms with Crippen molar-refractivity contribution < 1.29 is 5.11 Å². The number of anilines is 1. The Balaban J connectivity index is 0.000000924. The Hall–Kier alpha value is -1.63. The van der Waals surface area contributed by atoms with Crippen molar-refractivity contribution in [2.75, 3.05) is 18.5 Å². The van der Waals surface area contributed by atoms with Crippen molar-refractivity contribution in [2.24, 2.45) is 0 Å². The zero-order valence-corrected chi connectivity index (χ0v) is 15.3. The van der Waals surface area contributed by atoms with Crippen LogP contribution in [0.5, 0.6) is 0 Å². The summed E-state index contributed by atoms with van der Waals surface area (Å²) in [7, 11) is 0. The number of hydrogen-bond acceptors (Lipinski definition) is 4. The second kappa shape index (κ2) is 8.29. The first kappa shape index (κ1) is 17.7. The SMILES string of the molecule is CC.OCCNc1cc(-c2ccccc2Cl)nc2c(Br)cnn12. The first-order valence-electron chi connectivity index (χ1n) is 7.34. The van der Waals surface area contributed by atoms with Crippen LogP contribution < -0.4 is 5.32 Å². The molecule has 0 radical (unpaired) electrons. The number of halogens is 2. The van der Waals surface area contributed by atoms with Crippen LogP contribution in [0.25, 0.3) is 16.9 Å². The van der Waals surface area contributed by atoms with E-state index < -0.39 is 0 Å². The zero-order chi connectivity index (χ0) is 16.8. The van der Waals surface area contributed by atoms with Crippen molar-refractivity contribution in [1.29, 1.82) is 0 Å². The average Bonchev–Trinajstić information content (AvgIpc) is 2.96. The number of nitrogens with one attached hydrogen (secondary N) is 1. The van der Waals surface area contributed by atoms with Crippen LogP contribution in [0.15, 0.2) is 41.0 Å². The van der Waals surface area contributed by atoms with Crippen molar-refractivity contribution in [3.63, 3.8) is 0 Å². The molecule has 0 aliphatic carbocycles. The Morgan fingerprint density at radius 1 is 1.30 bits per heavy atom. The van der Waals surface area contributed by atoms with E-state index in [1.54, 1.807) is 10.7 Å². The summed E-state index contributed by atoms with van der Waals surface area (Å²) in [6.07, 6.45) is 1.68. The zero-order valence-electron chi connectivity index (χ0n) is 12.9. The Morgan fingerprint density at radius 3 is 2.74 bits per heavy atom. The van der Waals surface area contributed by atoms with E-state index in [1.165, 1.54) is 0 Å². The fraction of sp³-hybridized carbons (Fsp3) is 0.250. The first-order chi connectivity index (χ1) is 11.2. The molecule has 0 spiro atoms. The van der Waals surface area contributed by atoms with Gasteiger partial charge in [-0.3, -0.25) is 0 Å². The van der Waals surface area contributed by atoms with E-state index >= 15 is 0 Å². The minimum absolute atomic E-state index is 0.0354. The van der Waals surface area contributed by atoms with Crippen molar-refractivity contribution in [3.05, 3.63) is 46.0 Å². The first-order valence-corrected chi connectivity index (χ1v) is 8.51. The third-order valence-electron chi connectivity index (χ3n) is 3.00. The van der Waals surface area contributed by atoms with Crippen LogP contribution in [0.3, 0.4) is 0 Å². The van der Waals surface area contributed by atoms with E-state index in [1.807, 2.05) is 44.2 Å². The largest absolute Gasteiger partial charge is 0.395 e. The van der Waals surface area contributed by atoms with Gasteiger partial charge >= 0.3 is 0 Å². The Labute approximate surface area is 148 Å². The van der Waals surface area contributed by atoms with E-state index in [9.17, 15) is 0 Å². The number of aliphatic hydroxyl groups is 1. The number of hydrogen-bond donors (Lipinski definition) is 2. The van der Waals surface area contributed by atoms with Gasteiger partial charge in [0, 0.05) is 23.2 Å². The summed E-state index contributed by atoms with van der Waals surface area (Å²) in [5, 5.41) is 17.0. The molecule has 1 aromatic carbocycles. The van der Waals surface area contributed by atoms with E-state index in [-0.39, 0.29) is 6.61 Å². The highest BCUT2D eigenvalue weighted by atomic mass is 79.9. The number of rotatable bonds is 4. The van der Waals surface area contributed by atoms with Crippen molar-refractivity contribution in [2.45, 2.75) is 13.8 Å². The minimum Gasteiger partial charge on any atom is -0.395 e. The third kappa shape index (κ3) is 3.83. The maximum absolute atomic E-state index is 9.00. The predicted molar refractivity (Wildman–Crippen MR) is 98.1 cm³/mol. The van der Waals surface area contributed by atoms with Crippen molar-refractivity contribution >= 4 is 39.0 Å². The molecule has 0 aliphatic rings. The van der Waals surface area contributed by atoms with Gasteiger partial charge in [0.15, 0.2) is 5.65 Å². The van der Waals surface area contributed by atoms with Crippen LogP contribution in [0.1, 0.15) is 13.8 Å². The van der Waals surface area contributed by atoms with E-state index in [0.717, 1.165) is 21.5 Å². The molecule has 2 N–H and O–H groups in total. The number of aromatic nitrogens is 3. The van der Waals surface area contributed by atoms with Crippen LogP contribution in [0.2, 0.25) is 5.02 Å². The second-order valence-electron chi connectivity index (χ2n) is 4.38. The molecule has 0 atom stereocenters. The van der Waals surface area contributed by atoms with Gasteiger partial charge in [0.05, 0.1) is 23.0 Å². The molecular weight excluding hydrogens is 380 g/mol. The lowest BCUT2D eigenvalue weighted by molar-refractivity contribution is 0.311. The molecule has 0 saturated carbocycles.